The fourth-order valence-electron chi connectivity index (χ4n) is 2.13. The second-order valence-electron chi connectivity index (χ2n) is 4.90. The van der Waals surface area contributed by atoms with Gasteiger partial charge in [-0.3, -0.25) is 4.79 Å². The quantitative estimate of drug-likeness (QED) is 0.504. The van der Waals surface area contributed by atoms with Crippen molar-refractivity contribution in [2.45, 2.75) is 13.3 Å². The van der Waals surface area contributed by atoms with E-state index < -0.39 is 0 Å². The highest BCUT2D eigenvalue weighted by Gasteiger charge is 2.08. The Morgan fingerprint density at radius 3 is 2.55 bits per heavy atom. The summed E-state index contributed by atoms with van der Waals surface area (Å²) in [6, 6.07) is 10.1. The molecule has 22 heavy (non-hydrogen) atoms. The molecule has 4 nitrogen and oxygen atoms in total. The van der Waals surface area contributed by atoms with E-state index in [4.69, 9.17) is 10.5 Å². The van der Waals surface area contributed by atoms with Crippen LogP contribution in [0.1, 0.15) is 28.4 Å². The number of phenolic OH excluding ortho intramolecular Hbond substituents is 1. The predicted molar refractivity (Wildman–Crippen MR) is 88.3 cm³/mol. The summed E-state index contributed by atoms with van der Waals surface area (Å²) in [7, 11) is 1.53. The van der Waals surface area contributed by atoms with Crippen molar-refractivity contribution < 1.29 is 14.6 Å². The van der Waals surface area contributed by atoms with Gasteiger partial charge in [-0.25, -0.2) is 0 Å². The van der Waals surface area contributed by atoms with Gasteiger partial charge in [0.2, 0.25) is 0 Å². The number of rotatable bonds is 5. The van der Waals surface area contributed by atoms with Gasteiger partial charge >= 0.3 is 0 Å². The summed E-state index contributed by atoms with van der Waals surface area (Å²) in [5.41, 5.74) is 8.35. The first kappa shape index (κ1) is 15.6. The number of methoxy groups -OCH3 is 1. The molecular weight excluding hydrogens is 278 g/mol. The van der Waals surface area contributed by atoms with Gasteiger partial charge in [-0.2, -0.15) is 0 Å². The fraction of sp³-hybridized carbons (Fsp3) is 0.167. The Balaban J connectivity index is 2.29. The highest BCUT2D eigenvalue weighted by atomic mass is 16.5. The van der Waals surface area contributed by atoms with Crippen molar-refractivity contribution in [3.8, 4) is 11.5 Å². The molecule has 0 aliphatic carbocycles. The third kappa shape index (κ3) is 3.47. The van der Waals surface area contributed by atoms with Crippen LogP contribution in [0.25, 0.3) is 6.08 Å². The molecule has 0 atom stereocenters. The zero-order chi connectivity index (χ0) is 16.1. The van der Waals surface area contributed by atoms with Gasteiger partial charge in [-0.1, -0.05) is 6.92 Å². The standard InChI is InChI=1S/C18H19NO3/c1-3-12-10-14(18(22-2)11-17(12)21)6-9-16(20)13-4-7-15(19)8-5-13/h4-11,21H,3,19H2,1-2H3. The topological polar surface area (TPSA) is 72.6 Å². The van der Waals surface area contributed by atoms with Crippen molar-refractivity contribution in [3.05, 3.63) is 59.2 Å². The molecule has 2 aromatic rings. The van der Waals surface area contributed by atoms with Crippen LogP contribution >= 0.6 is 0 Å². The number of aromatic hydroxyl groups is 1. The average Bonchev–Trinajstić information content (AvgIpc) is 2.53. The van der Waals surface area contributed by atoms with Crippen LogP contribution in [0.3, 0.4) is 0 Å². The lowest BCUT2D eigenvalue weighted by molar-refractivity contribution is 0.104. The number of phenols is 1. The van der Waals surface area contributed by atoms with Gasteiger partial charge in [-0.05, 0) is 54.5 Å². The molecule has 0 bridgehead atoms. The maximum atomic E-state index is 12.1. The van der Waals surface area contributed by atoms with E-state index in [1.807, 2.05) is 13.0 Å². The number of ketones is 1. The lowest BCUT2D eigenvalue weighted by Crippen LogP contribution is -1.95. The molecule has 0 aromatic heterocycles. The van der Waals surface area contributed by atoms with Gasteiger partial charge < -0.3 is 15.6 Å². The van der Waals surface area contributed by atoms with Crippen LogP contribution < -0.4 is 10.5 Å². The highest BCUT2D eigenvalue weighted by molar-refractivity contribution is 6.07. The molecule has 0 aliphatic rings. The molecule has 0 heterocycles. The summed E-state index contributed by atoms with van der Waals surface area (Å²) in [6.45, 7) is 1.95. The number of aryl methyl sites for hydroxylation is 1. The lowest BCUT2D eigenvalue weighted by Gasteiger charge is -2.09. The van der Waals surface area contributed by atoms with Crippen LogP contribution in [0.15, 0.2) is 42.5 Å². The predicted octanol–water partition coefficient (Wildman–Crippen LogP) is 3.44. The van der Waals surface area contributed by atoms with Gasteiger partial charge in [0.1, 0.15) is 11.5 Å². The van der Waals surface area contributed by atoms with E-state index in [0.717, 1.165) is 11.1 Å². The largest absolute Gasteiger partial charge is 0.508 e. The normalized spacial score (nSPS) is 10.8. The summed E-state index contributed by atoms with van der Waals surface area (Å²) < 4.78 is 5.24. The number of nitrogens with two attached hydrogens (primary N) is 1. The van der Waals surface area contributed by atoms with Crippen molar-refractivity contribution >= 4 is 17.5 Å². The van der Waals surface area contributed by atoms with Crippen LogP contribution in [-0.2, 0) is 6.42 Å². The van der Waals surface area contributed by atoms with E-state index in [2.05, 4.69) is 0 Å². The molecule has 0 aliphatic heterocycles. The fourth-order valence-corrected chi connectivity index (χ4v) is 2.13. The van der Waals surface area contributed by atoms with E-state index >= 15 is 0 Å². The zero-order valence-corrected chi connectivity index (χ0v) is 12.7. The van der Waals surface area contributed by atoms with Crippen molar-refractivity contribution in [2.24, 2.45) is 0 Å². The van der Waals surface area contributed by atoms with E-state index in [-0.39, 0.29) is 11.5 Å². The second kappa shape index (κ2) is 6.80. The molecule has 0 fully saturated rings. The summed E-state index contributed by atoms with van der Waals surface area (Å²) >= 11 is 0. The van der Waals surface area contributed by atoms with Gasteiger partial charge in [0.15, 0.2) is 5.78 Å². The van der Waals surface area contributed by atoms with Crippen LogP contribution in [0.2, 0.25) is 0 Å². The molecule has 0 saturated heterocycles. The number of benzene rings is 2. The number of carbonyl (C=O) groups excluding carboxylic acids is 1. The van der Waals surface area contributed by atoms with Crippen LogP contribution in [0.5, 0.6) is 11.5 Å². The molecule has 3 N–H and O–H groups in total. The SMILES string of the molecule is CCc1cc(C=CC(=O)c2ccc(N)cc2)c(OC)cc1O. The summed E-state index contributed by atoms with van der Waals surface area (Å²) in [6.07, 6.45) is 3.87. The maximum absolute atomic E-state index is 12.1. The molecule has 0 amide bonds. The molecule has 0 spiro atoms. The Labute approximate surface area is 129 Å². The van der Waals surface area contributed by atoms with E-state index in [1.165, 1.54) is 13.2 Å². The Hall–Kier alpha value is -2.75. The summed E-state index contributed by atoms with van der Waals surface area (Å²) in [5.74, 6) is 0.602. The Bertz CT molecular complexity index is 703. The van der Waals surface area contributed by atoms with Crippen molar-refractivity contribution in [1.29, 1.82) is 0 Å². The number of ether oxygens (including phenoxy) is 1. The first-order valence-corrected chi connectivity index (χ1v) is 7.03. The number of hydrogen-bond acceptors (Lipinski definition) is 4. The van der Waals surface area contributed by atoms with Crippen molar-refractivity contribution in [3.63, 3.8) is 0 Å². The van der Waals surface area contributed by atoms with E-state index in [1.54, 1.807) is 36.4 Å². The van der Waals surface area contributed by atoms with Crippen molar-refractivity contribution in [1.82, 2.24) is 0 Å². The van der Waals surface area contributed by atoms with Gasteiger partial charge in [0.25, 0.3) is 0 Å². The van der Waals surface area contributed by atoms with Gasteiger partial charge in [-0.15, -0.1) is 0 Å². The Kier molecular flexibility index (Phi) is 4.84. The summed E-state index contributed by atoms with van der Waals surface area (Å²) in [4.78, 5) is 12.1. The minimum absolute atomic E-state index is 0.117. The summed E-state index contributed by atoms with van der Waals surface area (Å²) in [5, 5.41) is 9.85. The Morgan fingerprint density at radius 2 is 1.95 bits per heavy atom. The van der Waals surface area contributed by atoms with E-state index in [0.29, 0.717) is 23.4 Å². The third-order valence-corrected chi connectivity index (χ3v) is 3.42. The second-order valence-corrected chi connectivity index (χ2v) is 4.90. The molecule has 114 valence electrons. The van der Waals surface area contributed by atoms with Crippen LogP contribution in [0.4, 0.5) is 5.69 Å². The number of nitrogen functional groups attached to an aromatic ring is 1. The molecular formula is C18H19NO3. The van der Waals surface area contributed by atoms with Gasteiger partial charge in [0.05, 0.1) is 7.11 Å². The van der Waals surface area contributed by atoms with E-state index in [9.17, 15) is 9.90 Å². The highest BCUT2D eigenvalue weighted by Crippen LogP contribution is 2.29. The monoisotopic (exact) mass is 297 g/mol. The number of carbonyl (C=O) groups is 1. The minimum Gasteiger partial charge on any atom is -0.508 e. The Morgan fingerprint density at radius 1 is 1.27 bits per heavy atom. The smallest absolute Gasteiger partial charge is 0.185 e. The molecule has 0 unspecified atom stereocenters. The van der Waals surface area contributed by atoms with Gasteiger partial charge in [0, 0.05) is 22.9 Å². The number of allylic oxidation sites excluding steroid dienone is 1. The zero-order valence-electron chi connectivity index (χ0n) is 12.7. The molecule has 0 radical (unpaired) electrons. The average molecular weight is 297 g/mol. The molecule has 0 saturated carbocycles. The molecule has 2 rings (SSSR count). The molecule has 4 heteroatoms. The molecule has 2 aromatic carbocycles. The minimum atomic E-state index is -0.117. The first-order chi connectivity index (χ1) is 10.5. The number of anilines is 1. The number of hydrogen-bond donors (Lipinski definition) is 2. The third-order valence-electron chi connectivity index (χ3n) is 3.42. The van der Waals surface area contributed by atoms with Crippen molar-refractivity contribution in [2.75, 3.05) is 12.8 Å². The maximum Gasteiger partial charge on any atom is 0.185 e. The first-order valence-electron chi connectivity index (χ1n) is 7.03. The lowest BCUT2D eigenvalue weighted by atomic mass is 10.0. The van der Waals surface area contributed by atoms with Crippen LogP contribution in [0, 0.1) is 0 Å². The van der Waals surface area contributed by atoms with Crippen LogP contribution in [-0.4, -0.2) is 18.0 Å².